The lowest BCUT2D eigenvalue weighted by Crippen LogP contribution is -2.07. The molecular formula is C14H12BrFN2O2. The molecule has 1 aromatic carbocycles. The molecule has 0 bridgehead atoms. The summed E-state index contributed by atoms with van der Waals surface area (Å²) in [5.41, 5.74) is 1.06. The van der Waals surface area contributed by atoms with Crippen LogP contribution in [0, 0.1) is 5.82 Å². The molecule has 1 heterocycles. The molecular weight excluding hydrogens is 327 g/mol. The maximum absolute atomic E-state index is 13.4. The van der Waals surface area contributed by atoms with E-state index in [1.165, 1.54) is 18.3 Å². The number of carboxylic acids is 1. The van der Waals surface area contributed by atoms with Gasteiger partial charge in [0.1, 0.15) is 5.82 Å². The van der Waals surface area contributed by atoms with Crippen molar-refractivity contribution in [2.45, 2.75) is 19.8 Å². The van der Waals surface area contributed by atoms with E-state index in [9.17, 15) is 9.18 Å². The van der Waals surface area contributed by atoms with Gasteiger partial charge in [-0.1, -0.05) is 29.3 Å². The number of benzene rings is 1. The number of hydrogen-bond donors (Lipinski definition) is 1. The monoisotopic (exact) mass is 338 g/mol. The first-order valence-electron chi connectivity index (χ1n) is 6.07. The predicted molar refractivity (Wildman–Crippen MR) is 76.1 cm³/mol. The zero-order chi connectivity index (χ0) is 14.7. The summed E-state index contributed by atoms with van der Waals surface area (Å²) in [4.78, 5) is 19.4. The van der Waals surface area contributed by atoms with Crippen molar-refractivity contribution in [3.05, 3.63) is 45.9 Å². The molecule has 0 fully saturated rings. The Hall–Kier alpha value is -1.82. The van der Waals surface area contributed by atoms with Crippen molar-refractivity contribution >= 4 is 21.9 Å². The van der Waals surface area contributed by atoms with Crippen LogP contribution in [0.4, 0.5) is 4.39 Å². The number of nitrogens with zero attached hydrogens (tertiary/aromatic N) is 2. The van der Waals surface area contributed by atoms with E-state index in [-0.39, 0.29) is 5.56 Å². The van der Waals surface area contributed by atoms with Crippen molar-refractivity contribution in [2.75, 3.05) is 0 Å². The first-order chi connectivity index (χ1) is 9.51. The van der Waals surface area contributed by atoms with Crippen LogP contribution in [0.1, 0.15) is 29.4 Å². The molecule has 0 unspecified atom stereocenters. The van der Waals surface area contributed by atoms with Crippen molar-refractivity contribution < 1.29 is 14.3 Å². The zero-order valence-electron chi connectivity index (χ0n) is 10.7. The van der Waals surface area contributed by atoms with Crippen molar-refractivity contribution in [3.63, 3.8) is 0 Å². The van der Waals surface area contributed by atoms with Crippen molar-refractivity contribution in [3.8, 4) is 11.4 Å². The highest BCUT2D eigenvalue weighted by Gasteiger charge is 2.14. The Labute approximate surface area is 123 Å². The van der Waals surface area contributed by atoms with Gasteiger partial charge in [0, 0.05) is 16.2 Å². The van der Waals surface area contributed by atoms with E-state index < -0.39 is 11.8 Å². The number of carboxylic acid groups (broad SMARTS) is 1. The molecule has 0 aliphatic carbocycles. The van der Waals surface area contributed by atoms with E-state index in [0.29, 0.717) is 28.0 Å². The molecule has 0 atom stereocenters. The third kappa shape index (κ3) is 3.19. The lowest BCUT2D eigenvalue weighted by molar-refractivity contribution is 0.0694. The summed E-state index contributed by atoms with van der Waals surface area (Å²) >= 11 is 3.21. The summed E-state index contributed by atoms with van der Waals surface area (Å²) in [7, 11) is 0. The van der Waals surface area contributed by atoms with Crippen LogP contribution >= 0.6 is 15.9 Å². The Bertz CT molecular complexity index is 641. The molecule has 0 saturated carbocycles. The highest BCUT2D eigenvalue weighted by molar-refractivity contribution is 9.10. The second-order valence-electron chi connectivity index (χ2n) is 4.27. The van der Waals surface area contributed by atoms with Gasteiger partial charge < -0.3 is 5.11 Å². The second kappa shape index (κ2) is 6.09. The van der Waals surface area contributed by atoms with E-state index in [2.05, 4.69) is 25.9 Å². The van der Waals surface area contributed by atoms with Crippen LogP contribution in [0.25, 0.3) is 11.4 Å². The third-order valence-electron chi connectivity index (χ3n) is 2.71. The van der Waals surface area contributed by atoms with Crippen LogP contribution in [0.15, 0.2) is 28.9 Å². The normalized spacial score (nSPS) is 10.6. The van der Waals surface area contributed by atoms with Gasteiger partial charge >= 0.3 is 5.97 Å². The average molecular weight is 339 g/mol. The smallest absolute Gasteiger partial charge is 0.339 e. The molecule has 104 valence electrons. The van der Waals surface area contributed by atoms with Crippen LogP contribution in [-0.2, 0) is 6.42 Å². The lowest BCUT2D eigenvalue weighted by Gasteiger charge is -2.07. The number of halogens is 2. The van der Waals surface area contributed by atoms with Crippen LogP contribution < -0.4 is 0 Å². The fourth-order valence-corrected chi connectivity index (χ4v) is 2.31. The summed E-state index contributed by atoms with van der Waals surface area (Å²) in [6.45, 7) is 1.94. The second-order valence-corrected chi connectivity index (χ2v) is 5.18. The quantitative estimate of drug-likeness (QED) is 0.923. The summed E-state index contributed by atoms with van der Waals surface area (Å²) in [5.74, 6) is -1.14. The van der Waals surface area contributed by atoms with Gasteiger partial charge in [-0.3, -0.25) is 0 Å². The zero-order valence-corrected chi connectivity index (χ0v) is 12.3. The van der Waals surface area contributed by atoms with E-state index in [0.717, 1.165) is 6.42 Å². The maximum atomic E-state index is 13.4. The fraction of sp³-hybridized carbons (Fsp3) is 0.214. The Balaban J connectivity index is 2.52. The van der Waals surface area contributed by atoms with Gasteiger partial charge in [0.2, 0.25) is 0 Å². The summed E-state index contributed by atoms with van der Waals surface area (Å²) in [6, 6.07) is 4.34. The molecule has 0 saturated heterocycles. The molecule has 20 heavy (non-hydrogen) atoms. The first kappa shape index (κ1) is 14.6. The Morgan fingerprint density at radius 3 is 2.75 bits per heavy atom. The number of aryl methyl sites for hydroxylation is 1. The average Bonchev–Trinajstić information content (AvgIpc) is 2.37. The minimum atomic E-state index is -1.06. The standard InChI is InChI=1S/C14H12BrFN2O2/c1-2-3-12-11(14(19)20)7-17-13(18-12)8-4-9(15)6-10(16)5-8/h4-7H,2-3H2,1H3,(H,19,20). The van der Waals surface area contributed by atoms with Gasteiger partial charge in [-0.05, 0) is 24.6 Å². The van der Waals surface area contributed by atoms with Crippen molar-refractivity contribution in [2.24, 2.45) is 0 Å². The van der Waals surface area contributed by atoms with Gasteiger partial charge in [-0.2, -0.15) is 0 Å². The topological polar surface area (TPSA) is 63.1 Å². The van der Waals surface area contributed by atoms with Gasteiger partial charge in [-0.25, -0.2) is 19.2 Å². The van der Waals surface area contributed by atoms with Gasteiger partial charge in [0.25, 0.3) is 0 Å². The number of carbonyl (C=O) groups is 1. The highest BCUT2D eigenvalue weighted by atomic mass is 79.9. The number of aromatic nitrogens is 2. The van der Waals surface area contributed by atoms with Crippen LogP contribution in [0.5, 0.6) is 0 Å². The van der Waals surface area contributed by atoms with E-state index in [1.54, 1.807) is 6.07 Å². The predicted octanol–water partition coefficient (Wildman–Crippen LogP) is 3.70. The van der Waals surface area contributed by atoms with Gasteiger partial charge in [-0.15, -0.1) is 0 Å². The molecule has 2 aromatic rings. The Morgan fingerprint density at radius 1 is 1.40 bits per heavy atom. The Kier molecular flexibility index (Phi) is 4.44. The van der Waals surface area contributed by atoms with Crippen molar-refractivity contribution in [1.29, 1.82) is 0 Å². The fourth-order valence-electron chi connectivity index (χ4n) is 1.85. The highest BCUT2D eigenvalue weighted by Crippen LogP contribution is 2.23. The lowest BCUT2D eigenvalue weighted by atomic mass is 10.1. The van der Waals surface area contributed by atoms with E-state index >= 15 is 0 Å². The van der Waals surface area contributed by atoms with Crippen LogP contribution in [0.2, 0.25) is 0 Å². The Morgan fingerprint density at radius 2 is 2.15 bits per heavy atom. The van der Waals surface area contributed by atoms with Crippen molar-refractivity contribution in [1.82, 2.24) is 9.97 Å². The number of hydrogen-bond acceptors (Lipinski definition) is 3. The SMILES string of the molecule is CCCc1nc(-c2cc(F)cc(Br)c2)ncc1C(=O)O. The molecule has 1 aromatic heterocycles. The summed E-state index contributed by atoms with van der Waals surface area (Å²) in [6.07, 6.45) is 2.58. The molecule has 0 aliphatic rings. The molecule has 1 N–H and O–H groups in total. The molecule has 0 spiro atoms. The minimum Gasteiger partial charge on any atom is -0.478 e. The number of aromatic carboxylic acids is 1. The molecule has 0 amide bonds. The van der Waals surface area contributed by atoms with Gasteiger partial charge in [0.05, 0.1) is 11.3 Å². The summed E-state index contributed by atoms with van der Waals surface area (Å²) < 4.78 is 14.0. The van der Waals surface area contributed by atoms with E-state index in [1.807, 2.05) is 6.92 Å². The molecule has 6 heteroatoms. The maximum Gasteiger partial charge on any atom is 0.339 e. The number of rotatable bonds is 4. The van der Waals surface area contributed by atoms with Gasteiger partial charge in [0.15, 0.2) is 5.82 Å². The molecule has 0 aliphatic heterocycles. The third-order valence-corrected chi connectivity index (χ3v) is 3.16. The van der Waals surface area contributed by atoms with Crippen LogP contribution in [-0.4, -0.2) is 21.0 Å². The minimum absolute atomic E-state index is 0.0890. The molecule has 0 radical (unpaired) electrons. The first-order valence-corrected chi connectivity index (χ1v) is 6.86. The van der Waals surface area contributed by atoms with E-state index in [4.69, 9.17) is 5.11 Å². The molecule has 4 nitrogen and oxygen atoms in total. The summed E-state index contributed by atoms with van der Waals surface area (Å²) in [5, 5.41) is 9.09. The largest absolute Gasteiger partial charge is 0.478 e. The van der Waals surface area contributed by atoms with Crippen LogP contribution in [0.3, 0.4) is 0 Å². The molecule has 2 rings (SSSR count).